The third-order valence-corrected chi connectivity index (χ3v) is 9.36. The Bertz CT molecular complexity index is 2610. The fourth-order valence-corrected chi connectivity index (χ4v) is 7.25. The van der Waals surface area contributed by atoms with Gasteiger partial charge in [0, 0.05) is 12.0 Å². The molecule has 3 nitrogen and oxygen atoms in total. The van der Waals surface area contributed by atoms with Crippen molar-refractivity contribution in [1.82, 2.24) is 14.5 Å². The monoisotopic (exact) mass is 601 g/mol. The SMILES string of the molecule is CCc1nc2ccccc2n1-c1cccc(-c2c3ccccc3c(-c3cccc4ccccc34)c3ccc(-c4ccccc4)cc23)n1. The summed E-state index contributed by atoms with van der Waals surface area (Å²) in [4.78, 5) is 10.4. The van der Waals surface area contributed by atoms with E-state index in [4.69, 9.17) is 9.97 Å². The van der Waals surface area contributed by atoms with Crippen LogP contribution in [-0.4, -0.2) is 14.5 Å². The number of imidazole rings is 1. The van der Waals surface area contributed by atoms with Gasteiger partial charge in [-0.25, -0.2) is 9.97 Å². The summed E-state index contributed by atoms with van der Waals surface area (Å²) in [6.45, 7) is 2.15. The van der Waals surface area contributed by atoms with Gasteiger partial charge in [-0.3, -0.25) is 4.57 Å². The van der Waals surface area contributed by atoms with Crippen molar-refractivity contribution in [2.75, 3.05) is 0 Å². The van der Waals surface area contributed by atoms with Gasteiger partial charge in [0.25, 0.3) is 0 Å². The van der Waals surface area contributed by atoms with Crippen molar-refractivity contribution in [2.45, 2.75) is 13.3 Å². The molecule has 9 rings (SSSR count). The number of hydrogen-bond acceptors (Lipinski definition) is 2. The van der Waals surface area contributed by atoms with Crippen molar-refractivity contribution in [3.05, 3.63) is 164 Å². The highest BCUT2D eigenvalue weighted by molar-refractivity contribution is 6.23. The average Bonchev–Trinajstić information content (AvgIpc) is 3.53. The van der Waals surface area contributed by atoms with Crippen LogP contribution in [0.5, 0.6) is 0 Å². The number of hydrogen-bond donors (Lipinski definition) is 0. The minimum absolute atomic E-state index is 0.812. The molecule has 0 radical (unpaired) electrons. The minimum Gasteiger partial charge on any atom is -0.280 e. The van der Waals surface area contributed by atoms with E-state index in [2.05, 4.69) is 163 Å². The highest BCUT2D eigenvalue weighted by Gasteiger charge is 2.20. The largest absolute Gasteiger partial charge is 0.280 e. The first kappa shape index (κ1) is 27.3. The Morgan fingerprint density at radius 1 is 0.489 bits per heavy atom. The number of aryl methyl sites for hydroxylation is 1. The highest BCUT2D eigenvalue weighted by Crippen LogP contribution is 2.46. The summed E-state index contributed by atoms with van der Waals surface area (Å²) < 4.78 is 2.21. The summed E-state index contributed by atoms with van der Waals surface area (Å²) in [5.41, 5.74) is 9.01. The van der Waals surface area contributed by atoms with E-state index in [1.165, 1.54) is 54.6 Å². The van der Waals surface area contributed by atoms with E-state index in [9.17, 15) is 0 Å². The molecule has 3 heteroatoms. The number of rotatable bonds is 5. The minimum atomic E-state index is 0.812. The van der Waals surface area contributed by atoms with Crippen molar-refractivity contribution in [3.63, 3.8) is 0 Å². The zero-order valence-electron chi connectivity index (χ0n) is 26.1. The first-order chi connectivity index (χ1) is 23.3. The molecule has 0 unspecified atom stereocenters. The van der Waals surface area contributed by atoms with Crippen LogP contribution < -0.4 is 0 Å². The lowest BCUT2D eigenvalue weighted by atomic mass is 9.84. The molecule has 0 aliphatic rings. The summed E-state index contributed by atoms with van der Waals surface area (Å²) in [6.07, 6.45) is 0.812. The number of pyridine rings is 1. The molecule has 0 bridgehead atoms. The van der Waals surface area contributed by atoms with Gasteiger partial charge < -0.3 is 0 Å². The fourth-order valence-electron chi connectivity index (χ4n) is 7.25. The Morgan fingerprint density at radius 3 is 2.02 bits per heavy atom. The van der Waals surface area contributed by atoms with Gasteiger partial charge in [0.05, 0.1) is 16.7 Å². The Morgan fingerprint density at radius 2 is 1.17 bits per heavy atom. The van der Waals surface area contributed by atoms with E-state index in [-0.39, 0.29) is 0 Å². The van der Waals surface area contributed by atoms with Crippen LogP contribution in [0.2, 0.25) is 0 Å². The fraction of sp³-hybridized carbons (Fsp3) is 0.0455. The van der Waals surface area contributed by atoms with Crippen LogP contribution >= 0.6 is 0 Å². The molecule has 0 aliphatic carbocycles. The molecule has 0 amide bonds. The molecule has 0 spiro atoms. The first-order valence-corrected chi connectivity index (χ1v) is 16.2. The van der Waals surface area contributed by atoms with Crippen LogP contribution in [0.3, 0.4) is 0 Å². The van der Waals surface area contributed by atoms with Gasteiger partial charge in [0.15, 0.2) is 0 Å². The lowest BCUT2D eigenvalue weighted by Gasteiger charge is -2.19. The lowest BCUT2D eigenvalue weighted by molar-refractivity contribution is 0.886. The van der Waals surface area contributed by atoms with Crippen molar-refractivity contribution in [1.29, 1.82) is 0 Å². The number of para-hydroxylation sites is 2. The molecule has 2 aromatic heterocycles. The number of benzene rings is 7. The van der Waals surface area contributed by atoms with Crippen LogP contribution in [0.25, 0.3) is 82.7 Å². The van der Waals surface area contributed by atoms with E-state index in [1.807, 2.05) is 6.07 Å². The van der Waals surface area contributed by atoms with Gasteiger partial charge in [0.2, 0.25) is 0 Å². The van der Waals surface area contributed by atoms with Crippen LogP contribution in [0, 0.1) is 0 Å². The van der Waals surface area contributed by atoms with E-state index in [0.717, 1.165) is 40.4 Å². The van der Waals surface area contributed by atoms with E-state index in [1.54, 1.807) is 0 Å². The Balaban J connectivity index is 1.39. The third kappa shape index (κ3) is 4.43. The lowest BCUT2D eigenvalue weighted by Crippen LogP contribution is -2.03. The molecule has 0 N–H and O–H groups in total. The molecule has 9 aromatic rings. The van der Waals surface area contributed by atoms with E-state index < -0.39 is 0 Å². The molecule has 0 saturated heterocycles. The van der Waals surface area contributed by atoms with Gasteiger partial charge >= 0.3 is 0 Å². The van der Waals surface area contributed by atoms with Gasteiger partial charge in [-0.2, -0.15) is 0 Å². The third-order valence-electron chi connectivity index (χ3n) is 9.36. The molecule has 222 valence electrons. The van der Waals surface area contributed by atoms with Crippen LogP contribution in [0.1, 0.15) is 12.7 Å². The second-order valence-electron chi connectivity index (χ2n) is 12.0. The zero-order chi connectivity index (χ0) is 31.3. The van der Waals surface area contributed by atoms with Crippen molar-refractivity contribution in [3.8, 4) is 39.3 Å². The predicted octanol–water partition coefficient (Wildman–Crippen LogP) is 11.4. The van der Waals surface area contributed by atoms with E-state index in [0.29, 0.717) is 0 Å². The molecule has 0 atom stereocenters. The Hall–Kier alpha value is -6.06. The Labute approximate surface area is 273 Å². The topological polar surface area (TPSA) is 30.7 Å². The van der Waals surface area contributed by atoms with Crippen molar-refractivity contribution < 1.29 is 0 Å². The van der Waals surface area contributed by atoms with Crippen molar-refractivity contribution in [2.24, 2.45) is 0 Å². The number of fused-ring (bicyclic) bond motifs is 4. The average molecular weight is 602 g/mol. The molecular weight excluding hydrogens is 571 g/mol. The second-order valence-corrected chi connectivity index (χ2v) is 12.0. The molecule has 0 aliphatic heterocycles. The normalized spacial score (nSPS) is 11.6. The van der Waals surface area contributed by atoms with Gasteiger partial charge in [-0.1, -0.05) is 134 Å². The summed E-state index contributed by atoms with van der Waals surface area (Å²) in [5.74, 6) is 1.88. The van der Waals surface area contributed by atoms with Gasteiger partial charge in [-0.05, 0) is 84.9 Å². The summed E-state index contributed by atoms with van der Waals surface area (Å²) in [5, 5.41) is 7.28. The molecule has 2 heterocycles. The quantitative estimate of drug-likeness (QED) is 0.184. The van der Waals surface area contributed by atoms with Gasteiger partial charge in [-0.15, -0.1) is 0 Å². The number of aromatic nitrogens is 3. The summed E-state index contributed by atoms with van der Waals surface area (Å²) >= 11 is 0. The maximum Gasteiger partial charge on any atom is 0.139 e. The molecule has 0 fully saturated rings. The molecular formula is C44H31N3. The number of nitrogens with zero attached hydrogens (tertiary/aromatic N) is 3. The summed E-state index contributed by atoms with van der Waals surface area (Å²) in [6, 6.07) is 56.4. The maximum atomic E-state index is 5.42. The smallest absolute Gasteiger partial charge is 0.139 e. The molecule has 7 aromatic carbocycles. The van der Waals surface area contributed by atoms with Crippen LogP contribution in [0.15, 0.2) is 158 Å². The highest BCUT2D eigenvalue weighted by atomic mass is 15.1. The van der Waals surface area contributed by atoms with Crippen molar-refractivity contribution >= 4 is 43.4 Å². The first-order valence-electron chi connectivity index (χ1n) is 16.2. The predicted molar refractivity (Wildman–Crippen MR) is 197 cm³/mol. The van der Waals surface area contributed by atoms with Gasteiger partial charge in [0.1, 0.15) is 11.6 Å². The molecule has 0 saturated carbocycles. The van der Waals surface area contributed by atoms with E-state index >= 15 is 0 Å². The standard InChI is InChI=1S/C44H31N3/c1-2-41-45-38-22-10-11-24-40(38)47(41)42-25-13-23-39(46-42)44-35-20-9-8-19-34(35)43(33-21-12-17-30-16-6-7-18-32(30)33)36-27-26-31(28-37(36)44)29-14-4-3-5-15-29/h3-28H,2H2,1H3. The van der Waals surface area contributed by atoms with Crippen LogP contribution in [-0.2, 0) is 6.42 Å². The van der Waals surface area contributed by atoms with Crippen LogP contribution in [0.4, 0.5) is 0 Å². The summed E-state index contributed by atoms with van der Waals surface area (Å²) in [7, 11) is 0. The Kier molecular flexibility index (Phi) is 6.43. The molecule has 47 heavy (non-hydrogen) atoms. The maximum absolute atomic E-state index is 5.42. The zero-order valence-corrected chi connectivity index (χ0v) is 26.1. The second kappa shape index (κ2) is 11.1.